The first kappa shape index (κ1) is 27.9. The minimum Gasteiger partial charge on any atom is -0.489 e. The van der Waals surface area contributed by atoms with E-state index in [1.807, 2.05) is 76.7 Å². The summed E-state index contributed by atoms with van der Waals surface area (Å²) in [6.45, 7) is 0.359. The molecule has 1 aliphatic carbocycles. The molecule has 1 saturated carbocycles. The number of nitrogens with zero attached hydrogens (tertiary/aromatic N) is 3. The summed E-state index contributed by atoms with van der Waals surface area (Å²) in [6, 6.07) is 19.0. The molecule has 7 nitrogen and oxygen atoms in total. The van der Waals surface area contributed by atoms with Gasteiger partial charge < -0.3 is 14.4 Å². The second-order valence-corrected chi connectivity index (χ2v) is 12.8. The number of ether oxygens (including phenoxy) is 2. The van der Waals surface area contributed by atoms with Gasteiger partial charge in [0.25, 0.3) is 5.91 Å². The predicted molar refractivity (Wildman–Crippen MR) is 166 cm³/mol. The number of hydrogen-bond acceptors (Lipinski definition) is 6. The van der Waals surface area contributed by atoms with Gasteiger partial charge in [0.1, 0.15) is 31.7 Å². The van der Waals surface area contributed by atoms with E-state index in [-0.39, 0.29) is 54.3 Å². The number of rotatable bonds is 3. The van der Waals surface area contributed by atoms with Crippen molar-refractivity contribution in [1.82, 2.24) is 9.58 Å². The predicted octanol–water partition coefficient (Wildman–Crippen LogP) is 6.32. The minimum absolute atomic E-state index is 0.0485. The Balaban J connectivity index is 1.40. The number of fused-ring (bicyclic) bond motifs is 8. The van der Waals surface area contributed by atoms with Gasteiger partial charge in [0.15, 0.2) is 23.1 Å². The third-order valence-electron chi connectivity index (χ3n) is 9.27. The Morgan fingerprint density at radius 1 is 1.02 bits per heavy atom. The minimum atomic E-state index is -0.973. The topological polar surface area (TPSA) is 64.0 Å². The molecule has 1 fully saturated rings. The second kappa shape index (κ2) is 10.8. The van der Waals surface area contributed by atoms with Crippen molar-refractivity contribution in [3.05, 3.63) is 135 Å². The fourth-order valence-corrected chi connectivity index (χ4v) is 8.00. The molecule has 8 rings (SSSR count). The number of hydrogen-bond donors (Lipinski definition) is 0. The maximum Gasteiger partial charge on any atom is 0.278 e. The standard InChI is InChI=1S/C35H29F2N3O4S/c36-25-18-27-29-24(30(25)37)20-45-28-11-5-4-10-23(28)31(29)40-21-38(35(13-6-14-35)15-7-17-43-27)34(42)32-33(26(41)12-16-39(32)40)44-19-22-8-2-1-3-9-22/h1-5,7-12,15-16,18,31H,6,13-14,17,19-21H2/b15-7+/t31-/m0/s1. The average Bonchev–Trinajstić information content (AvgIpc) is 3.21. The molecule has 1 spiro atoms. The van der Waals surface area contributed by atoms with E-state index in [4.69, 9.17) is 9.47 Å². The highest BCUT2D eigenvalue weighted by molar-refractivity contribution is 7.98. The van der Waals surface area contributed by atoms with E-state index in [1.165, 1.54) is 17.8 Å². The Hall–Kier alpha value is -4.57. The number of amides is 1. The lowest BCUT2D eigenvalue weighted by atomic mass is 9.74. The summed E-state index contributed by atoms with van der Waals surface area (Å²) in [6.07, 6.45) is 7.81. The Bertz CT molecular complexity index is 1920. The van der Waals surface area contributed by atoms with E-state index in [0.29, 0.717) is 5.56 Å². The molecule has 228 valence electrons. The van der Waals surface area contributed by atoms with E-state index in [0.717, 1.165) is 41.4 Å². The van der Waals surface area contributed by atoms with Crippen molar-refractivity contribution < 1.29 is 23.0 Å². The van der Waals surface area contributed by atoms with Crippen LogP contribution in [0.25, 0.3) is 0 Å². The molecule has 0 unspecified atom stereocenters. The van der Waals surface area contributed by atoms with Crippen LogP contribution in [0.1, 0.15) is 58.0 Å². The lowest BCUT2D eigenvalue weighted by Crippen LogP contribution is -2.64. The molecule has 1 atom stereocenters. The summed E-state index contributed by atoms with van der Waals surface area (Å²) in [5.74, 6) is -1.82. The maximum atomic E-state index is 15.7. The Labute approximate surface area is 262 Å². The molecule has 3 aromatic carbocycles. The van der Waals surface area contributed by atoms with Crippen LogP contribution in [0.2, 0.25) is 0 Å². The Kier molecular flexibility index (Phi) is 6.71. The van der Waals surface area contributed by atoms with Gasteiger partial charge in [-0.2, -0.15) is 0 Å². The number of pyridine rings is 1. The monoisotopic (exact) mass is 625 g/mol. The number of benzene rings is 3. The molecule has 4 aromatic rings. The first-order valence-corrected chi connectivity index (χ1v) is 16.0. The highest BCUT2D eigenvalue weighted by Gasteiger charge is 2.49. The SMILES string of the molecule is O=C1c2c(OCc3ccccc3)c(=O)ccn2N2CN1C1(/C=C/COc3cc(F)c(F)c4c3[C@@H]2c2ccccc2SC4)CCC1. The van der Waals surface area contributed by atoms with Gasteiger partial charge >= 0.3 is 0 Å². The van der Waals surface area contributed by atoms with Crippen molar-refractivity contribution in [2.45, 2.75) is 48.1 Å². The molecule has 45 heavy (non-hydrogen) atoms. The smallest absolute Gasteiger partial charge is 0.278 e. The zero-order valence-electron chi connectivity index (χ0n) is 24.2. The molecule has 0 radical (unpaired) electrons. The lowest BCUT2D eigenvalue weighted by molar-refractivity contribution is 0.0252. The molecule has 1 amide bonds. The summed E-state index contributed by atoms with van der Waals surface area (Å²) >= 11 is 1.43. The normalized spacial score (nSPS) is 20.0. The third kappa shape index (κ3) is 4.45. The Morgan fingerprint density at radius 3 is 2.62 bits per heavy atom. The van der Waals surface area contributed by atoms with Crippen molar-refractivity contribution in [3.63, 3.8) is 0 Å². The summed E-state index contributed by atoms with van der Waals surface area (Å²) in [7, 11) is 0. The average molecular weight is 626 g/mol. The summed E-state index contributed by atoms with van der Waals surface area (Å²) in [5, 5.41) is 1.96. The first-order valence-electron chi connectivity index (χ1n) is 15.0. The summed E-state index contributed by atoms with van der Waals surface area (Å²) in [5.41, 5.74) is 1.50. The fraction of sp³-hybridized carbons (Fsp3) is 0.257. The van der Waals surface area contributed by atoms with E-state index < -0.39 is 28.6 Å². The van der Waals surface area contributed by atoms with E-state index in [9.17, 15) is 9.59 Å². The van der Waals surface area contributed by atoms with Gasteiger partial charge in [0.05, 0.1) is 5.54 Å². The van der Waals surface area contributed by atoms with Crippen LogP contribution in [-0.2, 0) is 12.4 Å². The zero-order valence-corrected chi connectivity index (χ0v) is 25.1. The highest BCUT2D eigenvalue weighted by Crippen LogP contribution is 2.49. The summed E-state index contributed by atoms with van der Waals surface area (Å²) in [4.78, 5) is 30.7. The fourth-order valence-electron chi connectivity index (χ4n) is 6.89. The van der Waals surface area contributed by atoms with Crippen molar-refractivity contribution in [1.29, 1.82) is 0 Å². The van der Waals surface area contributed by atoms with Crippen molar-refractivity contribution in [2.24, 2.45) is 0 Å². The quantitative estimate of drug-likeness (QED) is 0.248. The largest absolute Gasteiger partial charge is 0.489 e. The van der Waals surface area contributed by atoms with Crippen LogP contribution in [0.5, 0.6) is 11.5 Å². The lowest BCUT2D eigenvalue weighted by Gasteiger charge is -2.54. The molecule has 4 heterocycles. The van der Waals surface area contributed by atoms with E-state index in [1.54, 1.807) is 10.9 Å². The third-order valence-corrected chi connectivity index (χ3v) is 10.4. The van der Waals surface area contributed by atoms with Crippen LogP contribution < -0.4 is 19.9 Å². The van der Waals surface area contributed by atoms with Crippen LogP contribution in [0, 0.1) is 11.6 Å². The van der Waals surface area contributed by atoms with Gasteiger partial charge in [-0.3, -0.25) is 19.3 Å². The van der Waals surface area contributed by atoms with Gasteiger partial charge in [0.2, 0.25) is 5.43 Å². The number of halogens is 2. The van der Waals surface area contributed by atoms with E-state index >= 15 is 8.78 Å². The van der Waals surface area contributed by atoms with Crippen LogP contribution >= 0.6 is 11.8 Å². The zero-order chi connectivity index (χ0) is 30.7. The molecule has 0 N–H and O–H groups in total. The van der Waals surface area contributed by atoms with Gasteiger partial charge in [-0.15, -0.1) is 11.8 Å². The van der Waals surface area contributed by atoms with Crippen molar-refractivity contribution in [2.75, 3.05) is 18.3 Å². The molecular formula is C35H29F2N3O4S. The highest BCUT2D eigenvalue weighted by atomic mass is 32.2. The van der Waals surface area contributed by atoms with Crippen LogP contribution in [0.3, 0.4) is 0 Å². The molecular weight excluding hydrogens is 596 g/mol. The van der Waals surface area contributed by atoms with Crippen molar-refractivity contribution in [3.8, 4) is 11.5 Å². The number of carbonyl (C=O) groups excluding carboxylic acids is 1. The van der Waals surface area contributed by atoms with Crippen molar-refractivity contribution >= 4 is 17.7 Å². The number of thioether (sulfide) groups is 1. The van der Waals surface area contributed by atoms with Gasteiger partial charge in [-0.05, 0) is 42.5 Å². The maximum absolute atomic E-state index is 15.7. The molecule has 3 aliphatic heterocycles. The molecule has 2 bridgehead atoms. The van der Waals surface area contributed by atoms with Crippen LogP contribution in [0.4, 0.5) is 8.78 Å². The summed E-state index contributed by atoms with van der Waals surface area (Å²) < 4.78 is 44.9. The second-order valence-electron chi connectivity index (χ2n) is 11.8. The van der Waals surface area contributed by atoms with Crippen LogP contribution in [-0.4, -0.2) is 34.3 Å². The van der Waals surface area contributed by atoms with Gasteiger partial charge in [-0.1, -0.05) is 54.6 Å². The molecule has 4 aliphatic rings. The molecule has 1 aromatic heterocycles. The van der Waals surface area contributed by atoms with Gasteiger partial charge in [-0.25, -0.2) is 8.78 Å². The van der Waals surface area contributed by atoms with E-state index in [2.05, 4.69) is 0 Å². The number of carbonyl (C=O) groups is 1. The first-order chi connectivity index (χ1) is 21.9. The van der Waals surface area contributed by atoms with Gasteiger partial charge in [0, 0.05) is 40.1 Å². The number of aromatic nitrogens is 1. The van der Waals surface area contributed by atoms with Crippen LogP contribution in [0.15, 0.2) is 94.8 Å². The molecule has 10 heteroatoms. The molecule has 0 saturated heterocycles. The Morgan fingerprint density at radius 2 is 1.82 bits per heavy atom.